The van der Waals surface area contributed by atoms with E-state index in [1.807, 2.05) is 0 Å². The van der Waals surface area contributed by atoms with Gasteiger partial charge in [0, 0.05) is 12.7 Å². The number of carbonyl (C=O) groups excluding carboxylic acids is 2. The van der Waals surface area contributed by atoms with Crippen molar-refractivity contribution in [3.8, 4) is 0 Å². The van der Waals surface area contributed by atoms with E-state index in [0.717, 1.165) is 5.56 Å². The minimum atomic E-state index is -0.703. The van der Waals surface area contributed by atoms with E-state index in [1.165, 1.54) is 24.5 Å². The molecule has 1 aromatic heterocycles. The molecule has 0 aliphatic carbocycles. The Morgan fingerprint density at radius 3 is 2.57 bits per heavy atom. The molecular formula is C16H16FN3O3. The van der Waals surface area contributed by atoms with E-state index in [-0.39, 0.29) is 11.5 Å². The van der Waals surface area contributed by atoms with Crippen LogP contribution in [0.4, 0.5) is 4.39 Å². The Labute approximate surface area is 132 Å². The molecular weight excluding hydrogens is 301 g/mol. The molecule has 1 amide bonds. The fraction of sp³-hybridized carbons (Fsp3) is 0.250. The number of nitrogens with one attached hydrogen (secondary N) is 1. The summed E-state index contributed by atoms with van der Waals surface area (Å²) in [6.07, 6.45) is 3.30. The topological polar surface area (TPSA) is 81.2 Å². The van der Waals surface area contributed by atoms with Crippen LogP contribution in [0.15, 0.2) is 36.7 Å². The third-order valence-corrected chi connectivity index (χ3v) is 2.97. The van der Waals surface area contributed by atoms with Crippen LogP contribution in [0.5, 0.6) is 0 Å². The van der Waals surface area contributed by atoms with Gasteiger partial charge in [-0.3, -0.25) is 9.78 Å². The number of benzene rings is 1. The zero-order valence-corrected chi connectivity index (χ0v) is 12.6. The van der Waals surface area contributed by atoms with Crippen molar-refractivity contribution in [1.82, 2.24) is 15.3 Å². The van der Waals surface area contributed by atoms with Crippen LogP contribution in [0.2, 0.25) is 0 Å². The molecule has 0 unspecified atom stereocenters. The van der Waals surface area contributed by atoms with Gasteiger partial charge in [-0.2, -0.15) is 0 Å². The molecule has 1 N–H and O–H groups in total. The van der Waals surface area contributed by atoms with Crippen molar-refractivity contribution in [3.63, 3.8) is 0 Å². The molecule has 7 heteroatoms. The van der Waals surface area contributed by atoms with Crippen molar-refractivity contribution in [3.05, 3.63) is 59.4 Å². The number of hydrogen-bond acceptors (Lipinski definition) is 5. The standard InChI is InChI=1S/C16H16FN3O3/c1-11-8-20-14(9-19-11)16(22)23-10-15(21)18-7-6-12-2-4-13(17)5-3-12/h2-5,8-9H,6-7,10H2,1H3,(H,18,21). The Kier molecular flexibility index (Phi) is 5.74. The lowest BCUT2D eigenvalue weighted by molar-refractivity contribution is -0.124. The van der Waals surface area contributed by atoms with E-state index in [2.05, 4.69) is 15.3 Å². The van der Waals surface area contributed by atoms with Gasteiger partial charge in [0.2, 0.25) is 0 Å². The number of rotatable bonds is 6. The summed E-state index contributed by atoms with van der Waals surface area (Å²) in [6.45, 7) is 1.72. The first kappa shape index (κ1) is 16.5. The van der Waals surface area contributed by atoms with Crippen LogP contribution in [0, 0.1) is 12.7 Å². The lowest BCUT2D eigenvalue weighted by Gasteiger charge is -2.06. The maximum atomic E-state index is 12.7. The largest absolute Gasteiger partial charge is 0.451 e. The summed E-state index contributed by atoms with van der Waals surface area (Å²) >= 11 is 0. The smallest absolute Gasteiger partial charge is 0.359 e. The van der Waals surface area contributed by atoms with Crippen molar-refractivity contribution in [2.24, 2.45) is 0 Å². The molecule has 120 valence electrons. The molecule has 0 bridgehead atoms. The Bertz CT molecular complexity index is 672. The van der Waals surface area contributed by atoms with Gasteiger partial charge in [0.25, 0.3) is 5.91 Å². The fourth-order valence-electron chi connectivity index (χ4n) is 1.75. The molecule has 0 aliphatic rings. The molecule has 2 aromatic rings. The predicted octanol–water partition coefficient (Wildman–Crippen LogP) is 1.44. The highest BCUT2D eigenvalue weighted by Crippen LogP contribution is 2.02. The number of ether oxygens (including phenoxy) is 1. The Morgan fingerprint density at radius 1 is 1.17 bits per heavy atom. The van der Waals surface area contributed by atoms with Crippen molar-refractivity contribution < 1.29 is 18.7 Å². The zero-order chi connectivity index (χ0) is 16.7. The van der Waals surface area contributed by atoms with Crippen LogP contribution in [-0.2, 0) is 16.0 Å². The maximum absolute atomic E-state index is 12.7. The Morgan fingerprint density at radius 2 is 1.91 bits per heavy atom. The molecule has 0 saturated carbocycles. The number of carbonyl (C=O) groups is 2. The average molecular weight is 317 g/mol. The van der Waals surface area contributed by atoms with E-state index in [1.54, 1.807) is 19.1 Å². The van der Waals surface area contributed by atoms with Gasteiger partial charge in [0.05, 0.1) is 11.9 Å². The molecule has 6 nitrogen and oxygen atoms in total. The summed E-state index contributed by atoms with van der Waals surface area (Å²) in [5.74, 6) is -1.42. The highest BCUT2D eigenvalue weighted by molar-refractivity contribution is 5.89. The van der Waals surface area contributed by atoms with Crippen LogP contribution in [0.25, 0.3) is 0 Å². The van der Waals surface area contributed by atoms with Crippen molar-refractivity contribution in [2.75, 3.05) is 13.2 Å². The van der Waals surface area contributed by atoms with Crippen LogP contribution in [-0.4, -0.2) is 35.0 Å². The Balaban J connectivity index is 1.69. The number of aromatic nitrogens is 2. The minimum Gasteiger partial charge on any atom is -0.451 e. The number of nitrogens with zero attached hydrogens (tertiary/aromatic N) is 2. The third kappa shape index (κ3) is 5.46. The van der Waals surface area contributed by atoms with Crippen LogP contribution < -0.4 is 5.32 Å². The zero-order valence-electron chi connectivity index (χ0n) is 12.6. The molecule has 0 saturated heterocycles. The summed E-state index contributed by atoms with van der Waals surface area (Å²) in [5.41, 5.74) is 1.63. The number of hydrogen-bond donors (Lipinski definition) is 1. The maximum Gasteiger partial charge on any atom is 0.359 e. The number of esters is 1. The number of aryl methyl sites for hydroxylation is 1. The molecule has 2 rings (SSSR count). The molecule has 0 radical (unpaired) electrons. The minimum absolute atomic E-state index is 0.0507. The summed E-state index contributed by atoms with van der Waals surface area (Å²) in [4.78, 5) is 31.0. The first-order chi connectivity index (χ1) is 11.0. The van der Waals surface area contributed by atoms with Gasteiger partial charge >= 0.3 is 5.97 Å². The van der Waals surface area contributed by atoms with Crippen LogP contribution >= 0.6 is 0 Å². The number of halogens is 1. The van der Waals surface area contributed by atoms with Gasteiger partial charge in [-0.1, -0.05) is 12.1 Å². The summed E-state index contributed by atoms with van der Waals surface area (Å²) < 4.78 is 17.6. The SMILES string of the molecule is Cc1cnc(C(=O)OCC(=O)NCCc2ccc(F)cc2)cn1. The van der Waals surface area contributed by atoms with Crippen molar-refractivity contribution in [1.29, 1.82) is 0 Å². The van der Waals surface area contributed by atoms with E-state index in [0.29, 0.717) is 18.7 Å². The van der Waals surface area contributed by atoms with Gasteiger partial charge in [0.15, 0.2) is 12.3 Å². The molecule has 23 heavy (non-hydrogen) atoms. The average Bonchev–Trinajstić information content (AvgIpc) is 2.55. The van der Waals surface area contributed by atoms with Crippen molar-refractivity contribution >= 4 is 11.9 Å². The molecule has 0 fully saturated rings. The second-order valence-electron chi connectivity index (χ2n) is 4.85. The van der Waals surface area contributed by atoms with Gasteiger partial charge in [-0.15, -0.1) is 0 Å². The first-order valence-electron chi connectivity index (χ1n) is 7.01. The molecule has 0 spiro atoms. The van der Waals surface area contributed by atoms with E-state index in [9.17, 15) is 14.0 Å². The lowest BCUT2D eigenvalue weighted by Crippen LogP contribution is -2.30. The van der Waals surface area contributed by atoms with Gasteiger partial charge < -0.3 is 10.1 Å². The van der Waals surface area contributed by atoms with Gasteiger partial charge in [-0.05, 0) is 31.0 Å². The Hall–Kier alpha value is -2.83. The normalized spacial score (nSPS) is 10.2. The lowest BCUT2D eigenvalue weighted by atomic mass is 10.1. The number of amides is 1. The summed E-state index contributed by atoms with van der Waals surface area (Å²) in [7, 11) is 0. The monoisotopic (exact) mass is 317 g/mol. The molecule has 1 heterocycles. The van der Waals surface area contributed by atoms with E-state index in [4.69, 9.17) is 4.74 Å². The molecule has 0 aliphatic heterocycles. The summed E-state index contributed by atoms with van der Waals surface area (Å²) in [6, 6.07) is 6.03. The van der Waals surface area contributed by atoms with Gasteiger partial charge in [0.1, 0.15) is 5.82 Å². The van der Waals surface area contributed by atoms with E-state index < -0.39 is 18.5 Å². The van der Waals surface area contributed by atoms with Crippen LogP contribution in [0.1, 0.15) is 21.7 Å². The quantitative estimate of drug-likeness (QED) is 0.815. The molecule has 1 aromatic carbocycles. The predicted molar refractivity (Wildman–Crippen MR) is 80.2 cm³/mol. The van der Waals surface area contributed by atoms with E-state index >= 15 is 0 Å². The highest BCUT2D eigenvalue weighted by Gasteiger charge is 2.11. The van der Waals surface area contributed by atoms with Crippen molar-refractivity contribution in [2.45, 2.75) is 13.3 Å². The second-order valence-corrected chi connectivity index (χ2v) is 4.85. The second kappa shape index (κ2) is 7.98. The highest BCUT2D eigenvalue weighted by atomic mass is 19.1. The fourth-order valence-corrected chi connectivity index (χ4v) is 1.75. The van der Waals surface area contributed by atoms with Gasteiger partial charge in [-0.25, -0.2) is 14.2 Å². The third-order valence-electron chi connectivity index (χ3n) is 2.97. The van der Waals surface area contributed by atoms with Crippen LogP contribution in [0.3, 0.4) is 0 Å². The summed E-state index contributed by atoms with van der Waals surface area (Å²) in [5, 5.41) is 2.62. The molecule has 0 atom stereocenters. The first-order valence-corrected chi connectivity index (χ1v) is 7.01.